The zero-order valence-electron chi connectivity index (χ0n) is 10.2. The molecular weight excluding hydrogens is 204 g/mol. The number of carbonyl (C=O) groups excluding carboxylic acids is 2. The molecule has 2 rings (SSSR count). The number of aliphatic hydroxyl groups is 1. The van der Waals surface area contributed by atoms with Crippen molar-refractivity contribution in [3.63, 3.8) is 0 Å². The van der Waals surface area contributed by atoms with E-state index in [1.165, 1.54) is 0 Å². The number of hydrogen-bond donors (Lipinski definition) is 1. The SMILES string of the molecule is CC1(O)CC(=O)[C@@H]2CCC(C)(C)C(=O)[C@H]2C1. The minimum absolute atomic E-state index is 0.0742. The summed E-state index contributed by atoms with van der Waals surface area (Å²) in [6, 6.07) is 0. The molecule has 0 aromatic rings. The van der Waals surface area contributed by atoms with Gasteiger partial charge < -0.3 is 5.11 Å². The molecule has 3 heteroatoms. The maximum absolute atomic E-state index is 12.3. The summed E-state index contributed by atoms with van der Waals surface area (Å²) < 4.78 is 0. The molecular formula is C13H20O3. The highest BCUT2D eigenvalue weighted by Crippen LogP contribution is 2.46. The third-order valence-electron chi connectivity index (χ3n) is 4.20. The Morgan fingerprint density at radius 2 is 1.81 bits per heavy atom. The zero-order chi connectivity index (χ0) is 12.1. The third kappa shape index (κ3) is 1.81. The summed E-state index contributed by atoms with van der Waals surface area (Å²) in [5, 5.41) is 10.00. The molecule has 0 aliphatic heterocycles. The maximum Gasteiger partial charge on any atom is 0.142 e. The van der Waals surface area contributed by atoms with Crippen LogP contribution in [0.1, 0.15) is 46.5 Å². The summed E-state index contributed by atoms with van der Waals surface area (Å²) >= 11 is 0. The molecule has 3 nitrogen and oxygen atoms in total. The van der Waals surface area contributed by atoms with Gasteiger partial charge in [-0.2, -0.15) is 0 Å². The Bertz CT molecular complexity index is 341. The first-order chi connectivity index (χ1) is 7.23. The molecule has 0 saturated heterocycles. The van der Waals surface area contributed by atoms with Crippen LogP contribution in [0.15, 0.2) is 0 Å². The zero-order valence-corrected chi connectivity index (χ0v) is 10.2. The fourth-order valence-electron chi connectivity index (χ4n) is 3.20. The van der Waals surface area contributed by atoms with Gasteiger partial charge in [0.1, 0.15) is 11.6 Å². The van der Waals surface area contributed by atoms with Crippen LogP contribution in [0.2, 0.25) is 0 Å². The molecule has 0 heterocycles. The molecule has 2 saturated carbocycles. The second kappa shape index (κ2) is 3.39. The van der Waals surface area contributed by atoms with Gasteiger partial charge in [-0.1, -0.05) is 13.8 Å². The van der Waals surface area contributed by atoms with E-state index >= 15 is 0 Å². The second-order valence-electron chi connectivity index (χ2n) is 6.34. The van der Waals surface area contributed by atoms with E-state index in [0.717, 1.165) is 12.8 Å². The van der Waals surface area contributed by atoms with Gasteiger partial charge in [0.05, 0.1) is 5.60 Å². The average Bonchev–Trinajstić information content (AvgIpc) is 2.11. The highest BCUT2D eigenvalue weighted by Gasteiger charge is 2.51. The number of carbonyl (C=O) groups is 2. The van der Waals surface area contributed by atoms with E-state index in [4.69, 9.17) is 0 Å². The summed E-state index contributed by atoms with van der Waals surface area (Å²) in [4.78, 5) is 24.1. The van der Waals surface area contributed by atoms with Crippen LogP contribution >= 0.6 is 0 Å². The predicted molar refractivity (Wildman–Crippen MR) is 59.9 cm³/mol. The van der Waals surface area contributed by atoms with Crippen molar-refractivity contribution >= 4 is 11.6 Å². The van der Waals surface area contributed by atoms with Gasteiger partial charge in [0.25, 0.3) is 0 Å². The smallest absolute Gasteiger partial charge is 0.142 e. The van der Waals surface area contributed by atoms with E-state index in [1.54, 1.807) is 6.92 Å². The standard InChI is InChI=1S/C13H20O3/c1-12(2)5-4-8-9(11(12)15)6-13(3,16)7-10(8)14/h8-9,16H,4-7H2,1-3H3/t8-,9+,13?/m1/s1. The van der Waals surface area contributed by atoms with Crippen LogP contribution in [-0.4, -0.2) is 22.3 Å². The third-order valence-corrected chi connectivity index (χ3v) is 4.20. The highest BCUT2D eigenvalue weighted by molar-refractivity contribution is 5.95. The van der Waals surface area contributed by atoms with Crippen LogP contribution in [0.25, 0.3) is 0 Å². The number of fused-ring (bicyclic) bond motifs is 1. The molecule has 1 N–H and O–H groups in total. The molecule has 0 bridgehead atoms. The number of rotatable bonds is 0. The molecule has 16 heavy (non-hydrogen) atoms. The fourth-order valence-corrected chi connectivity index (χ4v) is 3.20. The van der Waals surface area contributed by atoms with Crippen molar-refractivity contribution in [2.45, 2.75) is 52.1 Å². The van der Waals surface area contributed by atoms with Gasteiger partial charge in [-0.3, -0.25) is 9.59 Å². The summed E-state index contributed by atoms with van der Waals surface area (Å²) in [7, 11) is 0. The van der Waals surface area contributed by atoms with E-state index < -0.39 is 5.60 Å². The Morgan fingerprint density at radius 3 is 2.44 bits per heavy atom. The largest absolute Gasteiger partial charge is 0.390 e. The molecule has 0 aromatic heterocycles. The second-order valence-corrected chi connectivity index (χ2v) is 6.34. The van der Waals surface area contributed by atoms with Crippen molar-refractivity contribution in [2.75, 3.05) is 0 Å². The Kier molecular flexibility index (Phi) is 2.50. The van der Waals surface area contributed by atoms with Crippen molar-refractivity contribution < 1.29 is 14.7 Å². The molecule has 2 aliphatic carbocycles. The lowest BCUT2D eigenvalue weighted by atomic mass is 9.59. The van der Waals surface area contributed by atoms with E-state index in [-0.39, 0.29) is 35.2 Å². The molecule has 3 atom stereocenters. The monoisotopic (exact) mass is 224 g/mol. The van der Waals surface area contributed by atoms with Crippen LogP contribution in [0, 0.1) is 17.3 Å². The van der Waals surface area contributed by atoms with Gasteiger partial charge in [-0.25, -0.2) is 0 Å². The number of Topliss-reactive ketones (excluding diaryl/α,β-unsaturated/α-hetero) is 2. The van der Waals surface area contributed by atoms with Crippen LogP contribution < -0.4 is 0 Å². The normalized spacial score (nSPS) is 43.0. The first kappa shape index (κ1) is 11.8. The van der Waals surface area contributed by atoms with Gasteiger partial charge in [0, 0.05) is 23.7 Å². The summed E-state index contributed by atoms with van der Waals surface area (Å²) in [6.45, 7) is 5.55. The van der Waals surface area contributed by atoms with E-state index in [1.807, 2.05) is 13.8 Å². The first-order valence-electron chi connectivity index (χ1n) is 6.02. The number of hydrogen-bond acceptors (Lipinski definition) is 3. The lowest BCUT2D eigenvalue weighted by Crippen LogP contribution is -2.51. The van der Waals surface area contributed by atoms with Crippen molar-refractivity contribution in [1.29, 1.82) is 0 Å². The highest BCUT2D eigenvalue weighted by atomic mass is 16.3. The predicted octanol–water partition coefficient (Wildman–Crippen LogP) is 1.72. The minimum Gasteiger partial charge on any atom is -0.390 e. The van der Waals surface area contributed by atoms with E-state index in [2.05, 4.69) is 0 Å². The Labute approximate surface area is 96.2 Å². The van der Waals surface area contributed by atoms with Gasteiger partial charge in [-0.05, 0) is 26.2 Å². The molecule has 0 radical (unpaired) electrons. The van der Waals surface area contributed by atoms with Gasteiger partial charge >= 0.3 is 0 Å². The quantitative estimate of drug-likeness (QED) is 0.681. The Morgan fingerprint density at radius 1 is 1.19 bits per heavy atom. The minimum atomic E-state index is -0.985. The van der Waals surface area contributed by atoms with Crippen molar-refractivity contribution in [2.24, 2.45) is 17.3 Å². The Hall–Kier alpha value is -0.700. The van der Waals surface area contributed by atoms with Crippen LogP contribution in [0.5, 0.6) is 0 Å². The average molecular weight is 224 g/mol. The summed E-state index contributed by atoms with van der Waals surface area (Å²) in [5.41, 5.74) is -1.31. The molecule has 1 unspecified atom stereocenters. The Balaban J connectivity index is 2.28. The summed E-state index contributed by atoms with van der Waals surface area (Å²) in [6.07, 6.45) is 2.26. The van der Waals surface area contributed by atoms with Crippen LogP contribution in [-0.2, 0) is 9.59 Å². The van der Waals surface area contributed by atoms with E-state index in [9.17, 15) is 14.7 Å². The van der Waals surface area contributed by atoms with Gasteiger partial charge in [0.2, 0.25) is 0 Å². The van der Waals surface area contributed by atoms with Crippen molar-refractivity contribution in [1.82, 2.24) is 0 Å². The lowest BCUT2D eigenvalue weighted by molar-refractivity contribution is -0.153. The number of ketones is 2. The molecule has 0 amide bonds. The first-order valence-corrected chi connectivity index (χ1v) is 6.02. The summed E-state index contributed by atoms with van der Waals surface area (Å²) in [5.74, 6) is -0.136. The fraction of sp³-hybridized carbons (Fsp3) is 0.846. The van der Waals surface area contributed by atoms with Crippen molar-refractivity contribution in [3.8, 4) is 0 Å². The molecule has 0 spiro atoms. The van der Waals surface area contributed by atoms with Crippen LogP contribution in [0.3, 0.4) is 0 Å². The van der Waals surface area contributed by atoms with Gasteiger partial charge in [-0.15, -0.1) is 0 Å². The lowest BCUT2D eigenvalue weighted by Gasteiger charge is -2.45. The van der Waals surface area contributed by atoms with Crippen LogP contribution in [0.4, 0.5) is 0 Å². The van der Waals surface area contributed by atoms with Gasteiger partial charge in [0.15, 0.2) is 0 Å². The van der Waals surface area contributed by atoms with Crippen molar-refractivity contribution in [3.05, 3.63) is 0 Å². The molecule has 2 aliphatic rings. The molecule has 2 fully saturated rings. The maximum atomic E-state index is 12.3. The van der Waals surface area contributed by atoms with E-state index in [0.29, 0.717) is 6.42 Å². The topological polar surface area (TPSA) is 54.4 Å². The molecule has 0 aromatic carbocycles. The molecule has 90 valence electrons.